The van der Waals surface area contributed by atoms with Crippen LogP contribution in [0.3, 0.4) is 0 Å². The molecule has 1 aliphatic rings. The highest BCUT2D eigenvalue weighted by Gasteiger charge is 2.32. The lowest BCUT2D eigenvalue weighted by molar-refractivity contribution is -0.120. The summed E-state index contributed by atoms with van der Waals surface area (Å²) in [5.74, 6) is 0.388. The van der Waals surface area contributed by atoms with Crippen molar-refractivity contribution >= 4 is 11.6 Å². The van der Waals surface area contributed by atoms with Crippen molar-refractivity contribution in [1.29, 1.82) is 5.26 Å². The molecule has 0 heterocycles. The molecule has 1 amide bonds. The zero-order chi connectivity index (χ0) is 16.7. The Labute approximate surface area is 139 Å². The molecule has 1 aromatic carbocycles. The Morgan fingerprint density at radius 1 is 1.17 bits per heavy atom. The second kappa shape index (κ2) is 8.01. The Kier molecular flexibility index (Phi) is 6.04. The van der Waals surface area contributed by atoms with Crippen molar-refractivity contribution in [1.82, 2.24) is 5.32 Å². The van der Waals surface area contributed by atoms with Crippen molar-refractivity contribution in [3.8, 4) is 6.07 Å². The molecule has 0 aliphatic heterocycles. The summed E-state index contributed by atoms with van der Waals surface area (Å²) in [5, 5.41) is 15.6. The Bertz CT molecular complexity index is 549. The Morgan fingerprint density at radius 2 is 1.78 bits per heavy atom. The van der Waals surface area contributed by atoms with Gasteiger partial charge in [0.05, 0.1) is 12.6 Å². The number of rotatable bonds is 5. The zero-order valence-corrected chi connectivity index (χ0v) is 14.2. The highest BCUT2D eigenvalue weighted by molar-refractivity contribution is 5.81. The molecule has 1 fully saturated rings. The van der Waals surface area contributed by atoms with Crippen LogP contribution in [-0.4, -0.2) is 18.0 Å². The molecule has 1 aromatic rings. The molecule has 23 heavy (non-hydrogen) atoms. The average molecular weight is 313 g/mol. The van der Waals surface area contributed by atoms with E-state index in [-0.39, 0.29) is 12.5 Å². The Balaban J connectivity index is 1.87. The highest BCUT2D eigenvalue weighted by Crippen LogP contribution is 2.26. The first kappa shape index (κ1) is 17.3. The van der Waals surface area contributed by atoms with Gasteiger partial charge in [0.25, 0.3) is 0 Å². The average Bonchev–Trinajstić information content (AvgIpc) is 2.79. The topological polar surface area (TPSA) is 64.9 Å². The van der Waals surface area contributed by atoms with E-state index in [1.54, 1.807) is 0 Å². The zero-order valence-electron chi connectivity index (χ0n) is 14.2. The maximum Gasteiger partial charge on any atom is 0.240 e. The number of nitrogens with one attached hydrogen (secondary N) is 2. The second-order valence-corrected chi connectivity index (χ2v) is 6.79. The van der Waals surface area contributed by atoms with Crippen molar-refractivity contribution in [3.63, 3.8) is 0 Å². The van der Waals surface area contributed by atoms with Gasteiger partial charge >= 0.3 is 0 Å². The summed E-state index contributed by atoms with van der Waals surface area (Å²) in [4.78, 5) is 12.2. The second-order valence-electron chi connectivity index (χ2n) is 6.79. The van der Waals surface area contributed by atoms with Gasteiger partial charge in [0.2, 0.25) is 5.91 Å². The van der Waals surface area contributed by atoms with Gasteiger partial charge in [-0.05, 0) is 36.5 Å². The fourth-order valence-corrected chi connectivity index (χ4v) is 3.08. The standard InChI is InChI=1S/C19H27N3O/c1-15(2)16-7-9-17(10-8-16)21-13-18(23)22-19(14-20)11-5-3-4-6-12-19/h7-10,15,21H,3-6,11-13H2,1-2H3,(H,22,23). The molecule has 1 saturated carbocycles. The summed E-state index contributed by atoms with van der Waals surface area (Å²) in [6.45, 7) is 4.51. The molecule has 4 heteroatoms. The summed E-state index contributed by atoms with van der Waals surface area (Å²) in [6, 6.07) is 10.5. The largest absolute Gasteiger partial charge is 0.376 e. The van der Waals surface area contributed by atoms with Crippen molar-refractivity contribution < 1.29 is 4.79 Å². The van der Waals surface area contributed by atoms with Crippen molar-refractivity contribution in [2.45, 2.75) is 63.8 Å². The van der Waals surface area contributed by atoms with Crippen molar-refractivity contribution in [3.05, 3.63) is 29.8 Å². The predicted octanol–water partition coefficient (Wildman–Crippen LogP) is 3.95. The predicted molar refractivity (Wildman–Crippen MR) is 93.2 cm³/mol. The minimum Gasteiger partial charge on any atom is -0.376 e. The molecule has 0 radical (unpaired) electrons. The first-order valence-electron chi connectivity index (χ1n) is 8.61. The fraction of sp³-hybridized carbons (Fsp3) is 0.579. The van der Waals surface area contributed by atoms with Gasteiger partial charge in [-0.3, -0.25) is 4.79 Å². The molecule has 1 aliphatic carbocycles. The molecule has 0 spiro atoms. The van der Waals surface area contributed by atoms with Gasteiger partial charge in [-0.1, -0.05) is 51.7 Å². The van der Waals surface area contributed by atoms with E-state index in [2.05, 4.69) is 42.7 Å². The molecule has 124 valence electrons. The van der Waals surface area contributed by atoms with Crippen LogP contribution < -0.4 is 10.6 Å². The molecule has 4 nitrogen and oxygen atoms in total. The number of amides is 1. The van der Waals surface area contributed by atoms with E-state index in [0.29, 0.717) is 5.92 Å². The van der Waals surface area contributed by atoms with E-state index >= 15 is 0 Å². The van der Waals surface area contributed by atoms with Crippen LogP contribution in [0.4, 0.5) is 5.69 Å². The minimum atomic E-state index is -0.670. The Hall–Kier alpha value is -2.02. The van der Waals surface area contributed by atoms with Crippen LogP contribution in [0, 0.1) is 11.3 Å². The number of nitriles is 1. The molecular formula is C19H27N3O. The lowest BCUT2D eigenvalue weighted by Gasteiger charge is -2.26. The molecule has 0 saturated heterocycles. The van der Waals surface area contributed by atoms with E-state index in [1.165, 1.54) is 5.56 Å². The molecule has 0 bridgehead atoms. The summed E-state index contributed by atoms with van der Waals surface area (Å²) < 4.78 is 0. The first-order valence-corrected chi connectivity index (χ1v) is 8.61. The van der Waals surface area contributed by atoms with Crippen LogP contribution in [0.25, 0.3) is 0 Å². The van der Waals surface area contributed by atoms with E-state index in [1.807, 2.05) is 12.1 Å². The van der Waals surface area contributed by atoms with Gasteiger partial charge in [0.15, 0.2) is 0 Å². The van der Waals surface area contributed by atoms with Crippen molar-refractivity contribution in [2.75, 3.05) is 11.9 Å². The quantitative estimate of drug-likeness (QED) is 0.809. The number of nitrogens with zero attached hydrogens (tertiary/aromatic N) is 1. The van der Waals surface area contributed by atoms with E-state index in [4.69, 9.17) is 0 Å². The third-order valence-corrected chi connectivity index (χ3v) is 4.58. The summed E-state index contributed by atoms with van der Waals surface area (Å²) in [6.07, 6.45) is 5.85. The van der Waals surface area contributed by atoms with Crippen LogP contribution in [0.15, 0.2) is 24.3 Å². The summed E-state index contributed by atoms with van der Waals surface area (Å²) >= 11 is 0. The highest BCUT2D eigenvalue weighted by atomic mass is 16.2. The van der Waals surface area contributed by atoms with Crippen molar-refractivity contribution in [2.24, 2.45) is 0 Å². The third-order valence-electron chi connectivity index (χ3n) is 4.58. The van der Waals surface area contributed by atoms with Crippen LogP contribution in [0.5, 0.6) is 0 Å². The lowest BCUT2D eigenvalue weighted by atomic mass is 9.92. The molecule has 0 unspecified atom stereocenters. The molecule has 2 N–H and O–H groups in total. The van der Waals surface area contributed by atoms with Crippen LogP contribution >= 0.6 is 0 Å². The molecule has 0 aromatic heterocycles. The summed E-state index contributed by atoms with van der Waals surface area (Å²) in [7, 11) is 0. The third kappa shape index (κ3) is 4.99. The summed E-state index contributed by atoms with van der Waals surface area (Å²) in [5.41, 5.74) is 1.54. The van der Waals surface area contributed by atoms with Gasteiger partial charge in [-0.2, -0.15) is 5.26 Å². The van der Waals surface area contributed by atoms with Crippen LogP contribution in [-0.2, 0) is 4.79 Å². The number of carbonyl (C=O) groups is 1. The molecule has 2 rings (SSSR count). The normalized spacial score (nSPS) is 17.1. The van der Waals surface area contributed by atoms with E-state index in [0.717, 1.165) is 44.2 Å². The minimum absolute atomic E-state index is 0.110. The number of carbonyl (C=O) groups excluding carboxylic acids is 1. The van der Waals surface area contributed by atoms with Gasteiger partial charge in [-0.25, -0.2) is 0 Å². The smallest absolute Gasteiger partial charge is 0.240 e. The van der Waals surface area contributed by atoms with Crippen LogP contribution in [0.2, 0.25) is 0 Å². The number of hydrogen-bond acceptors (Lipinski definition) is 3. The van der Waals surface area contributed by atoms with Gasteiger partial charge in [0.1, 0.15) is 5.54 Å². The maximum absolute atomic E-state index is 12.2. The van der Waals surface area contributed by atoms with Gasteiger partial charge < -0.3 is 10.6 Å². The Morgan fingerprint density at radius 3 is 2.30 bits per heavy atom. The fourth-order valence-electron chi connectivity index (χ4n) is 3.08. The number of benzene rings is 1. The maximum atomic E-state index is 12.2. The molecular weight excluding hydrogens is 286 g/mol. The monoisotopic (exact) mass is 313 g/mol. The number of anilines is 1. The van der Waals surface area contributed by atoms with E-state index < -0.39 is 5.54 Å². The van der Waals surface area contributed by atoms with Gasteiger partial charge in [0, 0.05) is 5.69 Å². The lowest BCUT2D eigenvalue weighted by Crippen LogP contribution is -2.48. The molecule has 0 atom stereocenters. The SMILES string of the molecule is CC(C)c1ccc(NCC(=O)NC2(C#N)CCCCCC2)cc1. The van der Waals surface area contributed by atoms with Crippen LogP contribution in [0.1, 0.15) is 63.9 Å². The van der Waals surface area contributed by atoms with Gasteiger partial charge in [-0.15, -0.1) is 0 Å². The van der Waals surface area contributed by atoms with E-state index in [9.17, 15) is 10.1 Å². The number of hydrogen-bond donors (Lipinski definition) is 2. The first-order chi connectivity index (χ1) is 11.0.